The van der Waals surface area contributed by atoms with Gasteiger partial charge in [0.2, 0.25) is 5.95 Å². The van der Waals surface area contributed by atoms with Crippen LogP contribution in [0.25, 0.3) is 0 Å². The van der Waals surface area contributed by atoms with Crippen LogP contribution < -0.4 is 15.1 Å². The largest absolute Gasteiger partial charge is 0.368 e. The Morgan fingerprint density at radius 1 is 1.00 bits per heavy atom. The topological polar surface area (TPSA) is 44.3 Å². The molecule has 140 valence electrons. The molecule has 1 N–H and O–H groups in total. The summed E-state index contributed by atoms with van der Waals surface area (Å²) in [5.41, 5.74) is 3.65. The van der Waals surface area contributed by atoms with Gasteiger partial charge in [0.25, 0.3) is 0 Å². The number of aryl methyl sites for hydroxylation is 2. The number of hydrogen-bond acceptors (Lipinski definition) is 5. The van der Waals surface area contributed by atoms with E-state index in [-0.39, 0.29) is 0 Å². The quantitative estimate of drug-likeness (QED) is 0.854. The summed E-state index contributed by atoms with van der Waals surface area (Å²) in [6.45, 7) is 13.6. The summed E-state index contributed by atoms with van der Waals surface area (Å²) < 4.78 is 0. The lowest BCUT2D eigenvalue weighted by atomic mass is 10.1. The zero-order valence-electron chi connectivity index (χ0n) is 16.5. The van der Waals surface area contributed by atoms with Crippen LogP contribution in [0.5, 0.6) is 0 Å². The molecular formula is C21H31N5. The van der Waals surface area contributed by atoms with Gasteiger partial charge in [-0.1, -0.05) is 26.0 Å². The van der Waals surface area contributed by atoms with Gasteiger partial charge in [-0.25, -0.2) is 4.98 Å². The maximum absolute atomic E-state index is 4.75. The van der Waals surface area contributed by atoms with Gasteiger partial charge in [0.1, 0.15) is 5.82 Å². The third-order valence-electron chi connectivity index (χ3n) is 4.82. The molecule has 1 aliphatic rings. The van der Waals surface area contributed by atoms with Gasteiger partial charge >= 0.3 is 0 Å². The molecule has 2 heterocycles. The molecule has 0 saturated carbocycles. The Morgan fingerprint density at radius 2 is 1.73 bits per heavy atom. The van der Waals surface area contributed by atoms with Crippen molar-refractivity contribution in [3.05, 3.63) is 41.6 Å². The molecule has 26 heavy (non-hydrogen) atoms. The van der Waals surface area contributed by atoms with E-state index in [1.54, 1.807) is 0 Å². The number of aromatic nitrogens is 2. The molecule has 2 aromatic rings. The minimum atomic E-state index is 0.682. The van der Waals surface area contributed by atoms with Crippen molar-refractivity contribution in [3.63, 3.8) is 0 Å². The van der Waals surface area contributed by atoms with E-state index >= 15 is 0 Å². The number of rotatable bonds is 6. The minimum absolute atomic E-state index is 0.682. The molecule has 1 aliphatic heterocycles. The fourth-order valence-corrected chi connectivity index (χ4v) is 3.28. The van der Waals surface area contributed by atoms with E-state index in [9.17, 15) is 0 Å². The fourth-order valence-electron chi connectivity index (χ4n) is 3.28. The monoisotopic (exact) mass is 353 g/mol. The first-order chi connectivity index (χ1) is 12.5. The predicted octanol–water partition coefficient (Wildman–Crippen LogP) is 3.88. The normalized spacial score (nSPS) is 14.8. The molecule has 1 fully saturated rings. The molecule has 0 radical (unpaired) electrons. The van der Waals surface area contributed by atoms with Crippen LogP contribution in [0.1, 0.15) is 31.5 Å². The highest BCUT2D eigenvalue weighted by Crippen LogP contribution is 2.21. The predicted molar refractivity (Wildman–Crippen MR) is 110 cm³/mol. The summed E-state index contributed by atoms with van der Waals surface area (Å²) in [5.74, 6) is 2.47. The van der Waals surface area contributed by atoms with Crippen molar-refractivity contribution in [3.8, 4) is 0 Å². The van der Waals surface area contributed by atoms with E-state index in [0.29, 0.717) is 5.92 Å². The van der Waals surface area contributed by atoms with Gasteiger partial charge in [-0.15, -0.1) is 0 Å². The highest BCUT2D eigenvalue weighted by atomic mass is 15.3. The van der Waals surface area contributed by atoms with Crippen LogP contribution >= 0.6 is 0 Å². The number of benzene rings is 1. The molecule has 0 amide bonds. The zero-order chi connectivity index (χ0) is 18.5. The van der Waals surface area contributed by atoms with Crippen LogP contribution in [0.4, 0.5) is 17.5 Å². The molecule has 0 aliphatic carbocycles. The summed E-state index contributed by atoms with van der Waals surface area (Å²) in [7, 11) is 0. The van der Waals surface area contributed by atoms with Gasteiger partial charge in [0, 0.05) is 50.2 Å². The number of nitrogens with zero attached hydrogens (tertiary/aromatic N) is 4. The van der Waals surface area contributed by atoms with E-state index < -0.39 is 0 Å². The number of hydrogen-bond donors (Lipinski definition) is 1. The molecule has 3 rings (SSSR count). The van der Waals surface area contributed by atoms with Crippen LogP contribution in [0, 0.1) is 19.8 Å². The van der Waals surface area contributed by atoms with Crippen molar-refractivity contribution in [1.29, 1.82) is 0 Å². The van der Waals surface area contributed by atoms with Crippen LogP contribution in [-0.2, 0) is 0 Å². The van der Waals surface area contributed by atoms with Crippen molar-refractivity contribution >= 4 is 17.5 Å². The maximum atomic E-state index is 4.75. The van der Waals surface area contributed by atoms with Crippen LogP contribution in [0.3, 0.4) is 0 Å². The molecular weight excluding hydrogens is 322 g/mol. The van der Waals surface area contributed by atoms with E-state index in [0.717, 1.165) is 56.6 Å². The van der Waals surface area contributed by atoms with Gasteiger partial charge in [0.05, 0.1) is 0 Å². The van der Waals surface area contributed by atoms with Crippen molar-refractivity contribution < 1.29 is 0 Å². The standard InChI is InChI=1S/C21H31N5/c1-16(2)8-9-22-21-23-18(4)15-20(24-21)26-12-10-25(11-13-26)19-7-5-6-17(3)14-19/h5-7,14-16H,8-13H2,1-4H3,(H,22,23,24). The molecule has 5 nitrogen and oxygen atoms in total. The van der Waals surface area contributed by atoms with E-state index in [1.807, 2.05) is 6.92 Å². The van der Waals surface area contributed by atoms with E-state index in [4.69, 9.17) is 4.98 Å². The van der Waals surface area contributed by atoms with Gasteiger partial charge in [-0.3, -0.25) is 0 Å². The van der Waals surface area contributed by atoms with Gasteiger partial charge in [0.15, 0.2) is 0 Å². The SMILES string of the molecule is Cc1cccc(N2CCN(c3cc(C)nc(NCCC(C)C)n3)CC2)c1. The van der Waals surface area contributed by atoms with Crippen LogP contribution in [0.15, 0.2) is 30.3 Å². The Morgan fingerprint density at radius 3 is 2.42 bits per heavy atom. The molecule has 0 unspecified atom stereocenters. The highest BCUT2D eigenvalue weighted by molar-refractivity contribution is 5.52. The fraction of sp³-hybridized carbons (Fsp3) is 0.524. The molecule has 1 aromatic heterocycles. The average molecular weight is 354 g/mol. The lowest BCUT2D eigenvalue weighted by Crippen LogP contribution is -2.47. The third-order valence-corrected chi connectivity index (χ3v) is 4.82. The van der Waals surface area contributed by atoms with Crippen LogP contribution in [0.2, 0.25) is 0 Å². The smallest absolute Gasteiger partial charge is 0.224 e. The Bertz CT molecular complexity index is 720. The first-order valence-electron chi connectivity index (χ1n) is 9.67. The second-order valence-electron chi connectivity index (χ2n) is 7.61. The molecule has 5 heteroatoms. The summed E-state index contributed by atoms with van der Waals surface area (Å²) in [6, 6.07) is 10.8. The minimum Gasteiger partial charge on any atom is -0.368 e. The lowest BCUT2D eigenvalue weighted by Gasteiger charge is -2.37. The second kappa shape index (κ2) is 8.39. The lowest BCUT2D eigenvalue weighted by molar-refractivity contribution is 0.605. The summed E-state index contributed by atoms with van der Waals surface area (Å²) >= 11 is 0. The van der Waals surface area contributed by atoms with Crippen molar-refractivity contribution in [2.45, 2.75) is 34.1 Å². The van der Waals surface area contributed by atoms with Crippen molar-refractivity contribution in [2.24, 2.45) is 5.92 Å². The maximum Gasteiger partial charge on any atom is 0.224 e. The highest BCUT2D eigenvalue weighted by Gasteiger charge is 2.19. The Hall–Kier alpha value is -2.30. The van der Waals surface area contributed by atoms with Gasteiger partial charge < -0.3 is 15.1 Å². The van der Waals surface area contributed by atoms with Crippen molar-refractivity contribution in [1.82, 2.24) is 9.97 Å². The van der Waals surface area contributed by atoms with Gasteiger partial charge in [-0.2, -0.15) is 4.98 Å². The molecule has 1 saturated heterocycles. The summed E-state index contributed by atoms with van der Waals surface area (Å²) in [6.07, 6.45) is 1.13. The molecule has 1 aromatic carbocycles. The van der Waals surface area contributed by atoms with E-state index in [1.165, 1.54) is 11.3 Å². The molecule has 0 spiro atoms. The van der Waals surface area contributed by atoms with Gasteiger partial charge in [-0.05, 0) is 43.9 Å². The summed E-state index contributed by atoms with van der Waals surface area (Å²) in [4.78, 5) is 14.1. The zero-order valence-corrected chi connectivity index (χ0v) is 16.5. The number of nitrogens with one attached hydrogen (secondary N) is 1. The number of anilines is 3. The Kier molecular flexibility index (Phi) is 5.96. The average Bonchev–Trinajstić information content (AvgIpc) is 2.61. The molecule has 0 atom stereocenters. The Balaban J connectivity index is 1.62. The van der Waals surface area contributed by atoms with Crippen LogP contribution in [-0.4, -0.2) is 42.7 Å². The van der Waals surface area contributed by atoms with Crippen molar-refractivity contribution in [2.75, 3.05) is 47.8 Å². The summed E-state index contributed by atoms with van der Waals surface area (Å²) in [5, 5.41) is 3.38. The Labute approximate surface area is 157 Å². The molecule has 0 bridgehead atoms. The van der Waals surface area contributed by atoms with E-state index in [2.05, 4.69) is 71.2 Å². The first-order valence-corrected chi connectivity index (χ1v) is 9.67. The first kappa shape index (κ1) is 18.5. The number of piperazine rings is 1. The second-order valence-corrected chi connectivity index (χ2v) is 7.61. The third kappa shape index (κ3) is 4.87.